The fraction of sp³-hybridized carbons (Fsp3) is 0.467. The van der Waals surface area contributed by atoms with Crippen LogP contribution in [0.3, 0.4) is 0 Å². The van der Waals surface area contributed by atoms with Crippen LogP contribution in [-0.4, -0.2) is 39.8 Å². The topological polar surface area (TPSA) is 123 Å². The summed E-state index contributed by atoms with van der Waals surface area (Å²) in [7, 11) is 0. The Morgan fingerprint density at radius 2 is 1.92 bits per heavy atom. The third-order valence-corrected chi connectivity index (χ3v) is 3.44. The van der Waals surface area contributed by atoms with Gasteiger partial charge in [-0.05, 0) is 6.92 Å². The summed E-state index contributed by atoms with van der Waals surface area (Å²) >= 11 is 0. The van der Waals surface area contributed by atoms with Gasteiger partial charge in [0.15, 0.2) is 18.4 Å². The molecular formula is C15H17N3O6. The molecule has 2 N–H and O–H groups in total. The fourth-order valence-corrected chi connectivity index (χ4v) is 2.47. The van der Waals surface area contributed by atoms with Gasteiger partial charge in [0, 0.05) is 20.0 Å². The number of nitrogen functional groups attached to an aromatic ring is 1. The molecule has 0 spiro atoms. The molecule has 1 aliphatic rings. The Bertz CT molecular complexity index is 765. The Morgan fingerprint density at radius 3 is 2.46 bits per heavy atom. The first kappa shape index (κ1) is 17.5. The molecule has 1 fully saturated rings. The van der Waals surface area contributed by atoms with E-state index in [0.29, 0.717) is 0 Å². The Kier molecular flexibility index (Phi) is 4.90. The molecule has 9 heteroatoms. The molecule has 2 heterocycles. The van der Waals surface area contributed by atoms with Crippen LogP contribution in [0.25, 0.3) is 0 Å². The van der Waals surface area contributed by atoms with Gasteiger partial charge in [-0.25, -0.2) is 4.79 Å². The minimum Gasteiger partial charge on any atom is -0.456 e. The van der Waals surface area contributed by atoms with Crippen LogP contribution in [0.15, 0.2) is 11.0 Å². The molecule has 1 aromatic rings. The quantitative estimate of drug-likeness (QED) is 0.584. The second-order valence-corrected chi connectivity index (χ2v) is 5.25. The van der Waals surface area contributed by atoms with Crippen molar-refractivity contribution in [2.45, 2.75) is 45.3 Å². The number of anilines is 1. The van der Waals surface area contributed by atoms with Crippen LogP contribution < -0.4 is 11.4 Å². The van der Waals surface area contributed by atoms with Crippen molar-refractivity contribution < 1.29 is 23.8 Å². The summed E-state index contributed by atoms with van der Waals surface area (Å²) < 4.78 is 17.1. The molecule has 1 aliphatic heterocycles. The number of esters is 2. The monoisotopic (exact) mass is 335 g/mol. The smallest absolute Gasteiger partial charge is 0.351 e. The first-order valence-corrected chi connectivity index (χ1v) is 7.09. The summed E-state index contributed by atoms with van der Waals surface area (Å²) in [6.07, 6.45) is 3.02. The average Bonchev–Trinajstić information content (AvgIpc) is 2.75. The van der Waals surface area contributed by atoms with Gasteiger partial charge in [0.1, 0.15) is 5.82 Å². The summed E-state index contributed by atoms with van der Waals surface area (Å²) in [5.41, 5.74) is 5.02. The van der Waals surface area contributed by atoms with E-state index in [-0.39, 0.29) is 11.4 Å². The summed E-state index contributed by atoms with van der Waals surface area (Å²) in [6.45, 7) is 4.04. The van der Waals surface area contributed by atoms with E-state index >= 15 is 0 Å². The van der Waals surface area contributed by atoms with Crippen molar-refractivity contribution in [2.75, 3.05) is 5.73 Å². The van der Waals surface area contributed by atoms with Crippen LogP contribution >= 0.6 is 0 Å². The maximum absolute atomic E-state index is 12.1. The maximum atomic E-state index is 12.1. The highest BCUT2D eigenvalue weighted by Gasteiger charge is 2.48. The molecule has 0 amide bonds. The third kappa shape index (κ3) is 3.38. The highest BCUT2D eigenvalue weighted by molar-refractivity contribution is 5.67. The van der Waals surface area contributed by atoms with Crippen molar-refractivity contribution in [3.8, 4) is 12.3 Å². The number of hydrogen-bond acceptors (Lipinski definition) is 8. The van der Waals surface area contributed by atoms with Crippen molar-refractivity contribution in [1.82, 2.24) is 9.55 Å². The lowest BCUT2D eigenvalue weighted by atomic mass is 10.1. The molecule has 128 valence electrons. The number of ether oxygens (including phenoxy) is 3. The molecule has 2 rings (SSSR count). The lowest BCUT2D eigenvalue weighted by Gasteiger charge is -2.23. The number of terminal acetylenes is 1. The van der Waals surface area contributed by atoms with Gasteiger partial charge in [-0.2, -0.15) is 4.98 Å². The lowest BCUT2D eigenvalue weighted by Crippen LogP contribution is -2.40. The van der Waals surface area contributed by atoms with Crippen molar-refractivity contribution >= 4 is 17.8 Å². The zero-order valence-corrected chi connectivity index (χ0v) is 13.4. The van der Waals surface area contributed by atoms with Crippen molar-refractivity contribution in [1.29, 1.82) is 0 Å². The van der Waals surface area contributed by atoms with Gasteiger partial charge in [0.25, 0.3) is 0 Å². The van der Waals surface area contributed by atoms with Crippen molar-refractivity contribution in [3.05, 3.63) is 22.2 Å². The molecule has 0 aliphatic carbocycles. The van der Waals surface area contributed by atoms with E-state index in [9.17, 15) is 14.4 Å². The number of carbonyl (C=O) groups excluding carboxylic acids is 2. The number of nitrogens with zero attached hydrogens (tertiary/aromatic N) is 2. The molecule has 0 bridgehead atoms. The van der Waals surface area contributed by atoms with E-state index in [2.05, 4.69) is 10.9 Å². The van der Waals surface area contributed by atoms with Crippen LogP contribution in [0.5, 0.6) is 0 Å². The molecule has 0 radical (unpaired) electrons. The molecule has 0 saturated carbocycles. The molecule has 4 atom stereocenters. The largest absolute Gasteiger partial charge is 0.456 e. The van der Waals surface area contributed by atoms with Gasteiger partial charge >= 0.3 is 17.6 Å². The Labute approximate surface area is 137 Å². The minimum absolute atomic E-state index is 0.0923. The summed E-state index contributed by atoms with van der Waals surface area (Å²) in [4.78, 5) is 38.5. The summed E-state index contributed by atoms with van der Waals surface area (Å²) in [5, 5.41) is 0. The number of nitrogens with two attached hydrogens (primary N) is 1. The highest BCUT2D eigenvalue weighted by Crippen LogP contribution is 2.33. The van der Waals surface area contributed by atoms with Crippen LogP contribution in [-0.2, 0) is 23.8 Å². The van der Waals surface area contributed by atoms with Crippen molar-refractivity contribution in [2.24, 2.45) is 0 Å². The first-order valence-electron chi connectivity index (χ1n) is 7.09. The van der Waals surface area contributed by atoms with E-state index < -0.39 is 42.2 Å². The third-order valence-electron chi connectivity index (χ3n) is 3.44. The molecule has 0 aromatic carbocycles. The summed E-state index contributed by atoms with van der Waals surface area (Å²) in [5.74, 6) is 1.02. The number of hydrogen-bond donors (Lipinski definition) is 1. The van der Waals surface area contributed by atoms with E-state index in [4.69, 9.17) is 26.4 Å². The molecule has 24 heavy (non-hydrogen) atoms. The van der Waals surface area contributed by atoms with Gasteiger partial charge in [-0.3, -0.25) is 14.2 Å². The van der Waals surface area contributed by atoms with E-state index in [1.807, 2.05) is 0 Å². The molecule has 1 saturated heterocycles. The Hall–Kier alpha value is -2.86. The molecule has 2 unspecified atom stereocenters. The zero-order valence-electron chi connectivity index (χ0n) is 13.4. The van der Waals surface area contributed by atoms with Gasteiger partial charge in [-0.15, -0.1) is 6.42 Å². The van der Waals surface area contributed by atoms with Crippen LogP contribution in [0.2, 0.25) is 0 Å². The second kappa shape index (κ2) is 6.72. The normalized spacial score (nSPS) is 25.8. The van der Waals surface area contributed by atoms with E-state index in [1.54, 1.807) is 6.92 Å². The average molecular weight is 335 g/mol. The number of rotatable bonds is 3. The number of carbonyl (C=O) groups is 2. The van der Waals surface area contributed by atoms with Crippen LogP contribution in [0, 0.1) is 12.3 Å². The predicted molar refractivity (Wildman–Crippen MR) is 81.5 cm³/mol. The molecular weight excluding hydrogens is 318 g/mol. The van der Waals surface area contributed by atoms with Gasteiger partial charge in [0.05, 0.1) is 11.7 Å². The molecule has 1 aromatic heterocycles. The summed E-state index contributed by atoms with van der Waals surface area (Å²) in [6, 6.07) is 0. The second-order valence-electron chi connectivity index (χ2n) is 5.25. The van der Waals surface area contributed by atoms with E-state index in [1.165, 1.54) is 20.0 Å². The highest BCUT2D eigenvalue weighted by atomic mass is 16.6. The first-order chi connectivity index (χ1) is 11.2. The minimum atomic E-state index is -1.05. The lowest BCUT2D eigenvalue weighted by molar-refractivity contribution is -0.165. The fourth-order valence-electron chi connectivity index (χ4n) is 2.47. The van der Waals surface area contributed by atoms with Crippen LogP contribution in [0.1, 0.15) is 32.6 Å². The Balaban J connectivity index is 2.48. The van der Waals surface area contributed by atoms with Gasteiger partial charge < -0.3 is 19.9 Å². The zero-order chi connectivity index (χ0) is 18.0. The maximum Gasteiger partial charge on any atom is 0.351 e. The van der Waals surface area contributed by atoms with Gasteiger partial charge in [-0.1, -0.05) is 5.92 Å². The number of aromatic nitrogens is 2. The van der Waals surface area contributed by atoms with E-state index in [0.717, 1.165) is 4.57 Å². The predicted octanol–water partition coefficient (Wildman–Crippen LogP) is -0.412. The Morgan fingerprint density at radius 1 is 1.33 bits per heavy atom. The van der Waals surface area contributed by atoms with Gasteiger partial charge in [0.2, 0.25) is 0 Å². The van der Waals surface area contributed by atoms with Crippen molar-refractivity contribution in [3.63, 3.8) is 0 Å². The van der Waals surface area contributed by atoms with Crippen LogP contribution in [0.4, 0.5) is 5.82 Å². The molecule has 9 nitrogen and oxygen atoms in total. The SMILES string of the molecule is C#Cc1cn([C@@H]2O[C@H](C)C(OC(C)=O)C2OC(C)=O)c(=O)nc1N. The standard InChI is InChI=1S/C15H17N3O6/c1-5-10-6-18(15(21)17-13(10)16)14-12(24-9(4)20)11(7(2)22-14)23-8(3)19/h1,6-7,11-12,14H,2-4H3,(H2,16,17,21)/t7-,11?,12?,14-/m1/s1.